The molecule has 33 heavy (non-hydrogen) atoms. The number of benzene rings is 4. The van der Waals surface area contributed by atoms with Gasteiger partial charge in [0.05, 0.1) is 7.11 Å². The normalized spacial score (nSPS) is 10.9. The van der Waals surface area contributed by atoms with Crippen LogP contribution in [0.15, 0.2) is 97.1 Å². The quantitative estimate of drug-likeness (QED) is 0.268. The van der Waals surface area contributed by atoms with Gasteiger partial charge in [-0.25, -0.2) is 0 Å². The lowest BCUT2D eigenvalue weighted by atomic mass is 9.85. The number of methoxy groups -OCH3 is 1. The molecule has 0 spiro atoms. The number of aryl methyl sites for hydroxylation is 2. The summed E-state index contributed by atoms with van der Waals surface area (Å²) < 4.78 is 12.0. The van der Waals surface area contributed by atoms with Gasteiger partial charge in [-0.05, 0) is 55.5 Å². The van der Waals surface area contributed by atoms with E-state index in [4.69, 9.17) is 9.47 Å². The lowest BCUT2D eigenvalue weighted by molar-refractivity contribution is 0.299. The van der Waals surface area contributed by atoms with Gasteiger partial charge >= 0.3 is 0 Å². The molecule has 0 unspecified atom stereocenters. The van der Waals surface area contributed by atoms with Gasteiger partial charge in [0.15, 0.2) is 0 Å². The van der Waals surface area contributed by atoms with Gasteiger partial charge in [0.2, 0.25) is 0 Å². The summed E-state index contributed by atoms with van der Waals surface area (Å²) >= 11 is 0. The first-order valence-electron chi connectivity index (χ1n) is 11.6. The molecule has 0 amide bonds. The zero-order chi connectivity index (χ0) is 23.0. The first-order chi connectivity index (χ1) is 16.1. The van der Waals surface area contributed by atoms with E-state index in [0.717, 1.165) is 35.5 Å². The molecule has 2 nitrogen and oxygen atoms in total. The van der Waals surface area contributed by atoms with Crippen LogP contribution >= 0.6 is 0 Å². The molecule has 2 heteroatoms. The van der Waals surface area contributed by atoms with Crippen molar-refractivity contribution >= 4 is 0 Å². The highest BCUT2D eigenvalue weighted by molar-refractivity contribution is 5.46. The van der Waals surface area contributed by atoms with E-state index in [1.54, 1.807) is 7.11 Å². The third kappa shape index (κ3) is 5.84. The van der Waals surface area contributed by atoms with Crippen LogP contribution in [0.1, 0.15) is 45.7 Å². The van der Waals surface area contributed by atoms with Crippen LogP contribution < -0.4 is 9.47 Å². The van der Waals surface area contributed by atoms with Gasteiger partial charge in [-0.2, -0.15) is 0 Å². The van der Waals surface area contributed by atoms with Gasteiger partial charge in [-0.1, -0.05) is 96.1 Å². The molecule has 0 aromatic heterocycles. The molecular weight excluding hydrogens is 404 g/mol. The molecule has 0 saturated heterocycles. The van der Waals surface area contributed by atoms with Gasteiger partial charge in [-0.3, -0.25) is 0 Å². The predicted octanol–water partition coefficient (Wildman–Crippen LogP) is 7.66. The van der Waals surface area contributed by atoms with Crippen molar-refractivity contribution in [1.29, 1.82) is 0 Å². The molecular formula is C31H32O2. The van der Waals surface area contributed by atoms with Crippen LogP contribution in [0.5, 0.6) is 11.5 Å². The van der Waals surface area contributed by atoms with E-state index in [1.807, 2.05) is 36.4 Å². The third-order valence-corrected chi connectivity index (χ3v) is 6.19. The number of ether oxygens (including phenoxy) is 2. The molecule has 0 radical (unpaired) electrons. The maximum absolute atomic E-state index is 6.26. The minimum atomic E-state index is 0.304. The topological polar surface area (TPSA) is 18.5 Å². The van der Waals surface area contributed by atoms with Crippen molar-refractivity contribution in [1.82, 2.24) is 0 Å². The van der Waals surface area contributed by atoms with E-state index in [0.29, 0.717) is 12.5 Å². The van der Waals surface area contributed by atoms with Crippen LogP contribution in [0.2, 0.25) is 0 Å². The molecule has 0 N–H and O–H groups in total. The van der Waals surface area contributed by atoms with Crippen molar-refractivity contribution in [3.8, 4) is 11.5 Å². The van der Waals surface area contributed by atoms with Gasteiger partial charge in [0, 0.05) is 11.5 Å². The Morgan fingerprint density at radius 3 is 1.79 bits per heavy atom. The number of rotatable bonds is 9. The lowest BCUT2D eigenvalue weighted by Crippen LogP contribution is -2.06. The standard InChI is InChI=1S/C31H32O2/c1-23-12-16-26(17-13-23)28(27-18-14-24(2)15-19-27)20-21-29-30(32-3)10-7-11-31(29)33-22-25-8-5-4-6-9-25/h4-19,28H,20-22H2,1-3H3. The molecule has 0 aliphatic carbocycles. The average Bonchev–Trinajstić information content (AvgIpc) is 2.85. The van der Waals surface area contributed by atoms with E-state index in [-0.39, 0.29) is 0 Å². The Balaban J connectivity index is 1.60. The van der Waals surface area contributed by atoms with Crippen molar-refractivity contribution in [2.24, 2.45) is 0 Å². The molecule has 0 saturated carbocycles. The molecule has 0 heterocycles. The average molecular weight is 437 g/mol. The minimum absolute atomic E-state index is 0.304. The van der Waals surface area contributed by atoms with Crippen LogP contribution in [0.25, 0.3) is 0 Å². The molecule has 0 bridgehead atoms. The van der Waals surface area contributed by atoms with Crippen molar-refractivity contribution in [2.45, 2.75) is 39.2 Å². The number of hydrogen-bond acceptors (Lipinski definition) is 2. The van der Waals surface area contributed by atoms with Crippen LogP contribution in [0.4, 0.5) is 0 Å². The summed E-state index contributed by atoms with van der Waals surface area (Å²) in [5.41, 5.74) is 7.52. The van der Waals surface area contributed by atoms with Crippen LogP contribution in [-0.2, 0) is 13.0 Å². The fourth-order valence-electron chi connectivity index (χ4n) is 4.27. The molecule has 4 rings (SSSR count). The van der Waals surface area contributed by atoms with E-state index < -0.39 is 0 Å². The van der Waals surface area contributed by atoms with Crippen molar-refractivity contribution in [3.63, 3.8) is 0 Å². The zero-order valence-corrected chi connectivity index (χ0v) is 19.8. The SMILES string of the molecule is COc1cccc(OCc2ccccc2)c1CCC(c1ccc(C)cc1)c1ccc(C)cc1. The van der Waals surface area contributed by atoms with Gasteiger partial charge in [0.25, 0.3) is 0 Å². The van der Waals surface area contributed by atoms with Crippen LogP contribution in [-0.4, -0.2) is 7.11 Å². The van der Waals surface area contributed by atoms with Gasteiger partial charge < -0.3 is 9.47 Å². The largest absolute Gasteiger partial charge is 0.496 e. The Morgan fingerprint density at radius 2 is 1.21 bits per heavy atom. The highest BCUT2D eigenvalue weighted by Gasteiger charge is 2.18. The Morgan fingerprint density at radius 1 is 0.636 bits per heavy atom. The van der Waals surface area contributed by atoms with Gasteiger partial charge in [0.1, 0.15) is 18.1 Å². The highest BCUT2D eigenvalue weighted by atomic mass is 16.5. The molecule has 4 aromatic carbocycles. The molecule has 168 valence electrons. The summed E-state index contributed by atoms with van der Waals surface area (Å²) in [7, 11) is 1.73. The lowest BCUT2D eigenvalue weighted by Gasteiger charge is -2.21. The summed E-state index contributed by atoms with van der Waals surface area (Å²) in [6, 6.07) is 34.2. The molecule has 0 atom stereocenters. The van der Waals surface area contributed by atoms with Crippen LogP contribution in [0.3, 0.4) is 0 Å². The van der Waals surface area contributed by atoms with E-state index in [9.17, 15) is 0 Å². The second-order valence-corrected chi connectivity index (χ2v) is 8.62. The second kappa shape index (κ2) is 10.9. The molecule has 4 aromatic rings. The summed E-state index contributed by atoms with van der Waals surface area (Å²) in [5, 5.41) is 0. The summed E-state index contributed by atoms with van der Waals surface area (Å²) in [4.78, 5) is 0. The first-order valence-corrected chi connectivity index (χ1v) is 11.6. The minimum Gasteiger partial charge on any atom is -0.496 e. The predicted molar refractivity (Wildman–Crippen MR) is 136 cm³/mol. The summed E-state index contributed by atoms with van der Waals surface area (Å²) in [5.74, 6) is 2.08. The Labute approximate surface area is 197 Å². The Kier molecular flexibility index (Phi) is 7.47. The first kappa shape index (κ1) is 22.7. The molecule has 0 aliphatic rings. The zero-order valence-electron chi connectivity index (χ0n) is 19.8. The monoisotopic (exact) mass is 436 g/mol. The molecule has 0 aliphatic heterocycles. The van der Waals surface area contributed by atoms with E-state index in [1.165, 1.54) is 22.3 Å². The van der Waals surface area contributed by atoms with E-state index >= 15 is 0 Å². The highest BCUT2D eigenvalue weighted by Crippen LogP contribution is 2.35. The summed E-state index contributed by atoms with van der Waals surface area (Å²) in [6.45, 7) is 4.81. The van der Waals surface area contributed by atoms with E-state index in [2.05, 4.69) is 74.5 Å². The summed E-state index contributed by atoms with van der Waals surface area (Å²) in [6.07, 6.45) is 1.83. The van der Waals surface area contributed by atoms with Crippen molar-refractivity contribution in [3.05, 3.63) is 130 Å². The maximum Gasteiger partial charge on any atom is 0.126 e. The van der Waals surface area contributed by atoms with Crippen molar-refractivity contribution in [2.75, 3.05) is 7.11 Å². The maximum atomic E-state index is 6.26. The fourth-order valence-corrected chi connectivity index (χ4v) is 4.27. The fraction of sp³-hybridized carbons (Fsp3) is 0.226. The van der Waals surface area contributed by atoms with Gasteiger partial charge in [-0.15, -0.1) is 0 Å². The Bertz CT molecular complexity index is 1100. The number of hydrogen-bond donors (Lipinski definition) is 0. The Hall–Kier alpha value is -3.52. The second-order valence-electron chi connectivity index (χ2n) is 8.62. The van der Waals surface area contributed by atoms with Crippen molar-refractivity contribution < 1.29 is 9.47 Å². The third-order valence-electron chi connectivity index (χ3n) is 6.19. The smallest absolute Gasteiger partial charge is 0.126 e. The molecule has 0 fully saturated rings. The van der Waals surface area contributed by atoms with Crippen LogP contribution in [0, 0.1) is 13.8 Å².